The molecule has 2 saturated carbocycles. The normalized spacial score (nSPS) is 23.8. The topological polar surface area (TPSA) is 184 Å². The van der Waals surface area contributed by atoms with Crippen molar-refractivity contribution in [2.75, 3.05) is 40.4 Å². The fourth-order valence-electron chi connectivity index (χ4n) is 5.75. The predicted molar refractivity (Wildman–Crippen MR) is 193 cm³/mol. The molecular weight excluding hydrogens is 695 g/mol. The van der Waals surface area contributed by atoms with Gasteiger partial charge in [-0.2, -0.15) is 4.79 Å². The molecule has 2 saturated heterocycles. The largest absolute Gasteiger partial charge is 0.446 e. The Hall–Kier alpha value is -3.11. The summed E-state index contributed by atoms with van der Waals surface area (Å²) in [5.41, 5.74) is 6.85. The number of aldehydes is 1. The number of nitrogens with zero attached hydrogens (tertiary/aromatic N) is 4. The minimum Gasteiger partial charge on any atom is -0.444 e. The monoisotopic (exact) mass is 754 g/mol. The summed E-state index contributed by atoms with van der Waals surface area (Å²) in [6.45, 7) is 15.2. The molecule has 0 aromatic heterocycles. The molecule has 2 amide bonds. The number of carbonyl (C=O) groups excluding carboxylic acids is 4. The first-order valence-corrected chi connectivity index (χ1v) is 19.4. The van der Waals surface area contributed by atoms with E-state index in [1.54, 1.807) is 9.80 Å². The van der Waals surface area contributed by atoms with Gasteiger partial charge in [0, 0.05) is 59.2 Å². The molecule has 4 aliphatic rings. The second kappa shape index (κ2) is 20.4. The number of piperidine rings is 2. The quantitative estimate of drug-likeness (QED) is 0.0684. The Morgan fingerprint density at radius 3 is 1.42 bits per heavy atom. The van der Waals surface area contributed by atoms with Crippen molar-refractivity contribution in [3.63, 3.8) is 0 Å². The van der Waals surface area contributed by atoms with Crippen molar-refractivity contribution in [2.45, 2.75) is 135 Å². The minimum atomic E-state index is -3.70. The Morgan fingerprint density at radius 2 is 1.15 bits per heavy atom. The van der Waals surface area contributed by atoms with E-state index in [1.165, 1.54) is 0 Å². The molecule has 2 aliphatic carbocycles. The maximum atomic E-state index is 11.9. The summed E-state index contributed by atoms with van der Waals surface area (Å²) in [6, 6.07) is 0. The van der Waals surface area contributed by atoms with Crippen LogP contribution in [0.2, 0.25) is 0 Å². The molecule has 0 bridgehead atoms. The van der Waals surface area contributed by atoms with E-state index in [2.05, 4.69) is 19.8 Å². The van der Waals surface area contributed by atoms with Gasteiger partial charge in [-0.05, 0) is 92.9 Å². The van der Waals surface area contributed by atoms with Gasteiger partial charge in [-0.25, -0.2) is 14.2 Å². The molecule has 4 fully saturated rings. The molecule has 2 aliphatic heterocycles. The van der Waals surface area contributed by atoms with Crippen molar-refractivity contribution in [1.29, 1.82) is 0 Å². The highest BCUT2D eigenvalue weighted by Gasteiger charge is 2.42. The molecule has 2 heterocycles. The van der Waals surface area contributed by atoms with Gasteiger partial charge in [0.25, 0.3) is 0 Å². The predicted octanol–water partition coefficient (Wildman–Crippen LogP) is 5.88. The van der Waals surface area contributed by atoms with Gasteiger partial charge in [0.15, 0.2) is 0 Å². The molecule has 294 valence electrons. The zero-order chi connectivity index (χ0) is 39.3. The fraction of sp³-hybridized carbons (Fsp3) is 0.806. The lowest BCUT2D eigenvalue weighted by molar-refractivity contribution is -0.126. The fourth-order valence-corrected chi connectivity index (χ4v) is 6.74. The summed E-state index contributed by atoms with van der Waals surface area (Å²) in [4.78, 5) is 51.2. The number of hydrogen-bond acceptors (Lipinski definition) is 11. The standard InChI is InChI=1S/C16H25NO3.C15H25NO4.C5H9N2O4P/c1-5-12-10-14(11-12)19-13-6-8-17(9-7-13)15(18)20-16(2,3)4;1-15(2,3)20-14(18)16-6-4-12(5-7-16)19-13-8-11(9-13)10-17;1-4(8)5(7-6)12(9,10-2)11-3/h1,12-14H,6-11H2,2-4H3;10-13H,4-9H2,1-3H3;1-3H3. The van der Waals surface area contributed by atoms with Gasteiger partial charge >= 0.3 is 25.2 Å². The zero-order valence-electron chi connectivity index (χ0n) is 32.3. The van der Waals surface area contributed by atoms with Crippen LogP contribution in [0, 0.1) is 24.2 Å². The molecule has 4 rings (SSSR count). The Balaban J connectivity index is 0.000000280. The molecule has 0 unspecified atom stereocenters. The zero-order valence-corrected chi connectivity index (χ0v) is 33.2. The van der Waals surface area contributed by atoms with Crippen LogP contribution in [0.15, 0.2) is 0 Å². The van der Waals surface area contributed by atoms with Gasteiger partial charge in [0.1, 0.15) is 17.5 Å². The highest BCUT2D eigenvalue weighted by atomic mass is 31.2. The van der Waals surface area contributed by atoms with Gasteiger partial charge in [0.2, 0.25) is 5.78 Å². The van der Waals surface area contributed by atoms with Crippen molar-refractivity contribution in [2.24, 2.45) is 11.8 Å². The summed E-state index contributed by atoms with van der Waals surface area (Å²) >= 11 is 0. The molecule has 0 radical (unpaired) electrons. The second-order valence-corrected chi connectivity index (χ2v) is 17.5. The molecule has 0 aromatic rings. The molecule has 16 heteroatoms. The molecule has 0 spiro atoms. The van der Waals surface area contributed by atoms with Gasteiger partial charge in [-0.15, -0.1) is 12.3 Å². The molecule has 0 N–H and O–H groups in total. The summed E-state index contributed by atoms with van der Waals surface area (Å²) in [5, 5.41) is 0. The van der Waals surface area contributed by atoms with Crippen molar-refractivity contribution in [1.82, 2.24) is 9.80 Å². The van der Waals surface area contributed by atoms with Crippen LogP contribution in [-0.4, -0.2) is 120 Å². The number of ether oxygens (including phenoxy) is 4. The van der Waals surface area contributed by atoms with Gasteiger partial charge in [-0.1, -0.05) is 0 Å². The van der Waals surface area contributed by atoms with E-state index in [0.29, 0.717) is 38.2 Å². The van der Waals surface area contributed by atoms with Crippen LogP contribution in [0.4, 0.5) is 9.59 Å². The van der Waals surface area contributed by atoms with E-state index in [1.807, 2.05) is 41.5 Å². The number of likely N-dealkylation sites (tertiary alicyclic amines) is 2. The van der Waals surface area contributed by atoms with Crippen molar-refractivity contribution < 1.29 is 56.5 Å². The van der Waals surface area contributed by atoms with Crippen molar-refractivity contribution >= 4 is 37.3 Å². The van der Waals surface area contributed by atoms with Crippen LogP contribution in [0.1, 0.15) is 99.8 Å². The number of Topliss-reactive ketones (excluding diaryl/α,β-unsaturated/α-hetero) is 1. The maximum Gasteiger partial charge on any atom is 0.446 e. The van der Waals surface area contributed by atoms with Gasteiger partial charge in [-0.3, -0.25) is 4.79 Å². The van der Waals surface area contributed by atoms with Crippen LogP contribution in [-0.2, 0) is 42.1 Å². The average molecular weight is 755 g/mol. The average Bonchev–Trinajstić information content (AvgIpc) is 3.03. The molecule has 0 aromatic carbocycles. The number of hydrogen-bond donors (Lipinski definition) is 0. The van der Waals surface area contributed by atoms with Crippen LogP contribution in [0.25, 0.3) is 5.53 Å². The maximum absolute atomic E-state index is 11.9. The summed E-state index contributed by atoms with van der Waals surface area (Å²) in [7, 11) is -1.51. The smallest absolute Gasteiger partial charge is 0.444 e. The van der Waals surface area contributed by atoms with Gasteiger partial charge in [0.05, 0.1) is 24.4 Å². The lowest BCUT2D eigenvalue weighted by Crippen LogP contribution is -2.45. The Labute approximate surface area is 308 Å². The number of ketones is 1. The molecule has 52 heavy (non-hydrogen) atoms. The van der Waals surface area contributed by atoms with E-state index in [0.717, 1.165) is 78.8 Å². The number of amides is 2. The van der Waals surface area contributed by atoms with E-state index in [9.17, 15) is 23.7 Å². The van der Waals surface area contributed by atoms with E-state index >= 15 is 0 Å². The summed E-state index contributed by atoms with van der Waals surface area (Å²) in [5.74, 6) is 2.70. The van der Waals surface area contributed by atoms with Crippen molar-refractivity contribution in [3.8, 4) is 12.3 Å². The lowest BCUT2D eigenvalue weighted by atomic mass is 9.83. The molecule has 15 nitrogen and oxygen atoms in total. The van der Waals surface area contributed by atoms with Crippen molar-refractivity contribution in [3.05, 3.63) is 5.53 Å². The third-order valence-electron chi connectivity index (χ3n) is 8.76. The van der Waals surface area contributed by atoms with E-state index < -0.39 is 30.0 Å². The third-order valence-corrected chi connectivity index (χ3v) is 10.6. The molecular formula is C36H59N4O11P. The van der Waals surface area contributed by atoms with Crippen LogP contribution in [0.3, 0.4) is 0 Å². The van der Waals surface area contributed by atoms with Crippen LogP contribution < -0.4 is 0 Å². The van der Waals surface area contributed by atoms with Gasteiger partial charge < -0.3 is 48.1 Å². The second-order valence-electron chi connectivity index (χ2n) is 15.4. The highest BCUT2D eigenvalue weighted by molar-refractivity contribution is 7.74. The number of carbonyl (C=O) groups is 4. The Morgan fingerprint density at radius 1 is 0.769 bits per heavy atom. The third kappa shape index (κ3) is 15.1. The number of terminal acetylenes is 1. The lowest BCUT2D eigenvalue weighted by Gasteiger charge is -2.38. The Kier molecular flexibility index (Phi) is 17.7. The first-order chi connectivity index (χ1) is 24.3. The van der Waals surface area contributed by atoms with E-state index in [4.69, 9.17) is 30.9 Å². The summed E-state index contributed by atoms with van der Waals surface area (Å²) in [6.07, 6.45) is 14.1. The first-order valence-electron chi connectivity index (χ1n) is 17.9. The number of rotatable bonds is 9. The van der Waals surface area contributed by atoms with Crippen LogP contribution >= 0.6 is 7.60 Å². The van der Waals surface area contributed by atoms with Crippen LogP contribution in [0.5, 0.6) is 0 Å². The van der Waals surface area contributed by atoms with E-state index in [-0.39, 0.29) is 36.4 Å². The minimum absolute atomic E-state index is 0.196. The highest BCUT2D eigenvalue weighted by Crippen LogP contribution is 2.47. The SMILES string of the molecule is C#CC1CC(OC2CCN(C(=O)OC(C)(C)C)CC2)C1.CC(C)(C)OC(=O)N1CCC(OC2CC(C=O)C2)CC1.COP(=O)(OC)C(=[N+]=[N-])C(C)=O. The summed E-state index contributed by atoms with van der Waals surface area (Å²) < 4.78 is 42.9. The first kappa shape index (κ1) is 45.0. The Bertz CT molecular complexity index is 1330. The molecule has 0 atom stereocenters.